The molecule has 2 N–H and O–H groups in total. The molecule has 2 aliphatic rings. The van der Waals surface area contributed by atoms with Gasteiger partial charge in [0.25, 0.3) is 0 Å². The van der Waals surface area contributed by atoms with Gasteiger partial charge in [0, 0.05) is 32.2 Å². The maximum Gasteiger partial charge on any atom is 0.0951 e. The second-order valence-corrected chi connectivity index (χ2v) is 6.76. The molecule has 0 radical (unpaired) electrons. The molecule has 0 amide bonds. The van der Waals surface area contributed by atoms with Crippen molar-refractivity contribution in [2.24, 2.45) is 11.1 Å². The van der Waals surface area contributed by atoms with Crippen LogP contribution in [0, 0.1) is 5.41 Å². The number of hydrogen-bond acceptors (Lipinski definition) is 4. The largest absolute Gasteiger partial charge is 0.378 e. The second-order valence-electron chi connectivity index (χ2n) is 6.76. The number of nitrogens with zero attached hydrogens (tertiary/aromatic N) is 1. The van der Waals surface area contributed by atoms with Gasteiger partial charge >= 0.3 is 0 Å². The molecule has 0 aliphatic carbocycles. The standard InChI is InChI=1S/C14H28N2O2/c1-13(2,9-15)10-16(3)12-4-6-18-14(8-12)5-7-17-11-14/h12H,4-11,15H2,1-3H3. The van der Waals surface area contributed by atoms with Crippen LogP contribution in [0.2, 0.25) is 0 Å². The smallest absolute Gasteiger partial charge is 0.0951 e. The maximum absolute atomic E-state index is 5.99. The summed E-state index contributed by atoms with van der Waals surface area (Å²) in [6.07, 6.45) is 3.28. The lowest BCUT2D eigenvalue weighted by Gasteiger charge is -2.43. The van der Waals surface area contributed by atoms with E-state index in [4.69, 9.17) is 15.2 Å². The van der Waals surface area contributed by atoms with E-state index in [9.17, 15) is 0 Å². The Balaban J connectivity index is 1.92. The summed E-state index contributed by atoms with van der Waals surface area (Å²) in [5.74, 6) is 0. The molecule has 2 atom stereocenters. The van der Waals surface area contributed by atoms with Gasteiger partial charge in [-0.1, -0.05) is 13.8 Å². The molecule has 2 unspecified atom stereocenters. The van der Waals surface area contributed by atoms with E-state index in [1.807, 2.05) is 0 Å². The highest BCUT2D eigenvalue weighted by Crippen LogP contribution is 2.35. The molecule has 2 aliphatic heterocycles. The van der Waals surface area contributed by atoms with Crippen molar-refractivity contribution in [2.75, 3.05) is 40.0 Å². The molecule has 2 fully saturated rings. The van der Waals surface area contributed by atoms with Crippen LogP contribution in [0.3, 0.4) is 0 Å². The Morgan fingerprint density at radius 2 is 2.17 bits per heavy atom. The normalized spacial score (nSPS) is 33.5. The zero-order valence-electron chi connectivity index (χ0n) is 12.1. The molecule has 4 nitrogen and oxygen atoms in total. The average Bonchev–Trinajstić information content (AvgIpc) is 2.77. The SMILES string of the molecule is CN(CC(C)(C)CN)C1CCOC2(CCOC2)C1. The zero-order chi connectivity index (χ0) is 13.2. The fourth-order valence-corrected chi connectivity index (χ4v) is 3.11. The highest BCUT2D eigenvalue weighted by Gasteiger charge is 2.42. The third-order valence-corrected chi connectivity index (χ3v) is 4.39. The van der Waals surface area contributed by atoms with Crippen LogP contribution in [0.5, 0.6) is 0 Å². The Hall–Kier alpha value is -0.160. The Bertz CT molecular complexity index is 275. The van der Waals surface area contributed by atoms with Crippen molar-refractivity contribution in [2.45, 2.75) is 44.8 Å². The summed E-state index contributed by atoms with van der Waals surface area (Å²) >= 11 is 0. The first-order valence-corrected chi connectivity index (χ1v) is 7.08. The molecular weight excluding hydrogens is 228 g/mol. The third kappa shape index (κ3) is 3.23. The van der Waals surface area contributed by atoms with Crippen LogP contribution in [0.1, 0.15) is 33.1 Å². The van der Waals surface area contributed by atoms with Crippen LogP contribution in [-0.4, -0.2) is 56.5 Å². The molecule has 0 aromatic carbocycles. The molecule has 4 heteroatoms. The summed E-state index contributed by atoms with van der Waals surface area (Å²) in [5, 5.41) is 0. The van der Waals surface area contributed by atoms with Gasteiger partial charge in [-0.25, -0.2) is 0 Å². The molecule has 18 heavy (non-hydrogen) atoms. The van der Waals surface area contributed by atoms with E-state index in [-0.39, 0.29) is 11.0 Å². The lowest BCUT2D eigenvalue weighted by atomic mass is 9.87. The van der Waals surface area contributed by atoms with Crippen molar-refractivity contribution in [1.29, 1.82) is 0 Å². The fourth-order valence-electron chi connectivity index (χ4n) is 3.11. The average molecular weight is 256 g/mol. The monoisotopic (exact) mass is 256 g/mol. The third-order valence-electron chi connectivity index (χ3n) is 4.39. The minimum atomic E-state index is 0.00400. The van der Waals surface area contributed by atoms with Gasteiger partial charge < -0.3 is 20.1 Å². The minimum absolute atomic E-state index is 0.00400. The molecular formula is C14H28N2O2. The van der Waals surface area contributed by atoms with Crippen LogP contribution >= 0.6 is 0 Å². The van der Waals surface area contributed by atoms with Gasteiger partial charge in [-0.05, 0) is 31.8 Å². The van der Waals surface area contributed by atoms with Crippen molar-refractivity contribution in [1.82, 2.24) is 4.90 Å². The predicted molar refractivity (Wildman–Crippen MR) is 72.6 cm³/mol. The van der Waals surface area contributed by atoms with E-state index < -0.39 is 0 Å². The summed E-state index contributed by atoms with van der Waals surface area (Å²) in [6, 6.07) is 0.603. The van der Waals surface area contributed by atoms with E-state index in [2.05, 4.69) is 25.8 Å². The zero-order valence-corrected chi connectivity index (χ0v) is 12.1. The van der Waals surface area contributed by atoms with E-state index in [1.165, 1.54) is 0 Å². The van der Waals surface area contributed by atoms with Crippen molar-refractivity contribution >= 4 is 0 Å². The topological polar surface area (TPSA) is 47.7 Å². The van der Waals surface area contributed by atoms with Crippen LogP contribution in [-0.2, 0) is 9.47 Å². The maximum atomic E-state index is 5.99. The quantitative estimate of drug-likeness (QED) is 0.822. The Morgan fingerprint density at radius 3 is 2.78 bits per heavy atom. The lowest BCUT2D eigenvalue weighted by Crippen LogP contribution is -2.50. The van der Waals surface area contributed by atoms with Gasteiger partial charge in [0.15, 0.2) is 0 Å². The van der Waals surface area contributed by atoms with Crippen molar-refractivity contribution in [3.8, 4) is 0 Å². The molecule has 106 valence electrons. The van der Waals surface area contributed by atoms with E-state index in [0.717, 1.165) is 52.2 Å². The highest BCUT2D eigenvalue weighted by atomic mass is 16.6. The van der Waals surface area contributed by atoms with Gasteiger partial charge in [0.1, 0.15) is 0 Å². The Kier molecular flexibility index (Phi) is 4.32. The van der Waals surface area contributed by atoms with E-state index in [1.54, 1.807) is 0 Å². The number of hydrogen-bond donors (Lipinski definition) is 1. The predicted octanol–water partition coefficient (Wildman–Crippen LogP) is 1.24. The number of rotatable bonds is 4. The molecule has 2 rings (SSSR count). The van der Waals surface area contributed by atoms with Crippen molar-refractivity contribution < 1.29 is 9.47 Å². The molecule has 1 spiro atoms. The first-order valence-electron chi connectivity index (χ1n) is 7.08. The van der Waals surface area contributed by atoms with Crippen LogP contribution < -0.4 is 5.73 Å². The minimum Gasteiger partial charge on any atom is -0.378 e. The van der Waals surface area contributed by atoms with Gasteiger partial charge in [-0.2, -0.15) is 0 Å². The van der Waals surface area contributed by atoms with Gasteiger partial charge in [-0.15, -0.1) is 0 Å². The molecule has 0 aromatic heterocycles. The number of nitrogens with two attached hydrogens (primary N) is 1. The Morgan fingerprint density at radius 1 is 1.39 bits per heavy atom. The summed E-state index contributed by atoms with van der Waals surface area (Å²) in [7, 11) is 2.22. The van der Waals surface area contributed by atoms with Crippen LogP contribution in [0.4, 0.5) is 0 Å². The van der Waals surface area contributed by atoms with Crippen LogP contribution in [0.25, 0.3) is 0 Å². The van der Waals surface area contributed by atoms with Gasteiger partial charge in [0.05, 0.1) is 12.2 Å². The van der Waals surface area contributed by atoms with Gasteiger partial charge in [0.2, 0.25) is 0 Å². The molecule has 2 heterocycles. The van der Waals surface area contributed by atoms with Crippen LogP contribution in [0.15, 0.2) is 0 Å². The second kappa shape index (κ2) is 5.45. The van der Waals surface area contributed by atoms with E-state index in [0.29, 0.717) is 6.04 Å². The number of ether oxygens (including phenoxy) is 2. The van der Waals surface area contributed by atoms with Crippen molar-refractivity contribution in [3.05, 3.63) is 0 Å². The molecule has 0 aromatic rings. The first-order chi connectivity index (χ1) is 8.46. The highest BCUT2D eigenvalue weighted by molar-refractivity contribution is 4.93. The summed E-state index contributed by atoms with van der Waals surface area (Å²) in [4.78, 5) is 2.47. The molecule has 0 saturated carbocycles. The van der Waals surface area contributed by atoms with Gasteiger partial charge in [-0.3, -0.25) is 0 Å². The molecule has 0 bridgehead atoms. The first kappa shape index (κ1) is 14.3. The lowest BCUT2D eigenvalue weighted by molar-refractivity contribution is -0.106. The summed E-state index contributed by atoms with van der Waals surface area (Å²) < 4.78 is 11.5. The fraction of sp³-hybridized carbons (Fsp3) is 1.00. The summed E-state index contributed by atoms with van der Waals surface area (Å²) in [6.45, 7) is 8.73. The Labute approximate surface area is 111 Å². The molecule has 2 saturated heterocycles. The summed E-state index contributed by atoms with van der Waals surface area (Å²) in [5.41, 5.74) is 6.02. The van der Waals surface area contributed by atoms with E-state index >= 15 is 0 Å². The van der Waals surface area contributed by atoms with Crippen molar-refractivity contribution in [3.63, 3.8) is 0 Å².